The SMILES string of the molecule is C#CCOC(=O)Nc1cccc(OC(=O)N(CC(OC)OC)c2cccc(C)c2)c1. The Bertz CT molecular complexity index is 904. The molecule has 8 heteroatoms. The maximum Gasteiger partial charge on any atom is 0.419 e. The fourth-order valence-electron chi connectivity index (χ4n) is 2.53. The predicted molar refractivity (Wildman–Crippen MR) is 113 cm³/mol. The molecule has 2 rings (SSSR count). The van der Waals surface area contributed by atoms with Crippen molar-refractivity contribution >= 4 is 23.6 Å². The van der Waals surface area contributed by atoms with Crippen molar-refractivity contribution in [3.63, 3.8) is 0 Å². The number of aryl methyl sites for hydroxylation is 1. The number of rotatable bonds is 8. The third kappa shape index (κ3) is 6.81. The van der Waals surface area contributed by atoms with Crippen LogP contribution in [0.5, 0.6) is 5.75 Å². The number of terminal acetylenes is 1. The number of anilines is 2. The second-order valence-electron chi connectivity index (χ2n) is 6.15. The van der Waals surface area contributed by atoms with E-state index in [4.69, 9.17) is 25.4 Å². The van der Waals surface area contributed by atoms with E-state index in [1.54, 1.807) is 24.3 Å². The number of carbonyl (C=O) groups is 2. The zero-order chi connectivity index (χ0) is 21.9. The van der Waals surface area contributed by atoms with Crippen LogP contribution in [0.25, 0.3) is 0 Å². The Kier molecular flexibility index (Phi) is 8.69. The van der Waals surface area contributed by atoms with Crippen molar-refractivity contribution in [3.8, 4) is 18.1 Å². The van der Waals surface area contributed by atoms with Gasteiger partial charge in [-0.1, -0.05) is 24.1 Å². The van der Waals surface area contributed by atoms with Gasteiger partial charge in [0.25, 0.3) is 0 Å². The number of nitrogens with one attached hydrogen (secondary N) is 1. The van der Waals surface area contributed by atoms with Crippen LogP contribution in [0.2, 0.25) is 0 Å². The monoisotopic (exact) mass is 412 g/mol. The molecule has 0 saturated heterocycles. The molecule has 0 unspecified atom stereocenters. The zero-order valence-corrected chi connectivity index (χ0v) is 17.1. The molecule has 0 aliphatic carbocycles. The van der Waals surface area contributed by atoms with Gasteiger partial charge in [0, 0.05) is 31.7 Å². The van der Waals surface area contributed by atoms with Crippen molar-refractivity contribution in [2.75, 3.05) is 37.6 Å². The van der Waals surface area contributed by atoms with E-state index in [-0.39, 0.29) is 18.9 Å². The normalized spacial score (nSPS) is 10.2. The third-order valence-corrected chi connectivity index (χ3v) is 3.96. The van der Waals surface area contributed by atoms with Gasteiger partial charge in [0.15, 0.2) is 12.9 Å². The van der Waals surface area contributed by atoms with Gasteiger partial charge in [-0.2, -0.15) is 0 Å². The van der Waals surface area contributed by atoms with Crippen LogP contribution in [0.4, 0.5) is 21.0 Å². The standard InChI is InChI=1S/C22H24N2O6/c1-5-12-29-21(25)23-17-9-7-11-19(14-17)30-22(26)24(15-20(27-3)28-4)18-10-6-8-16(2)13-18/h1,6-11,13-14,20H,12,15H2,2-4H3,(H,23,25). The average Bonchev–Trinajstić information content (AvgIpc) is 2.73. The van der Waals surface area contributed by atoms with E-state index in [1.807, 2.05) is 25.1 Å². The first-order chi connectivity index (χ1) is 14.5. The first kappa shape index (κ1) is 22.7. The molecule has 0 bridgehead atoms. The van der Waals surface area contributed by atoms with Gasteiger partial charge >= 0.3 is 12.2 Å². The Morgan fingerprint density at radius 1 is 1.13 bits per heavy atom. The Morgan fingerprint density at radius 2 is 1.87 bits per heavy atom. The summed E-state index contributed by atoms with van der Waals surface area (Å²) in [5, 5.41) is 2.51. The highest BCUT2D eigenvalue weighted by Gasteiger charge is 2.23. The minimum atomic E-state index is -0.708. The highest BCUT2D eigenvalue weighted by atomic mass is 16.7. The lowest BCUT2D eigenvalue weighted by molar-refractivity contribution is -0.0943. The topological polar surface area (TPSA) is 86.3 Å². The van der Waals surface area contributed by atoms with E-state index >= 15 is 0 Å². The lowest BCUT2D eigenvalue weighted by atomic mass is 10.2. The lowest BCUT2D eigenvalue weighted by Crippen LogP contribution is -2.40. The molecule has 0 aliphatic rings. The van der Waals surface area contributed by atoms with Crippen molar-refractivity contribution < 1.29 is 28.5 Å². The van der Waals surface area contributed by atoms with Crippen LogP contribution in [-0.4, -0.2) is 45.8 Å². The summed E-state index contributed by atoms with van der Waals surface area (Å²) in [6.45, 7) is 1.89. The van der Waals surface area contributed by atoms with Crippen LogP contribution in [0.1, 0.15) is 5.56 Å². The van der Waals surface area contributed by atoms with E-state index in [0.29, 0.717) is 11.4 Å². The average molecular weight is 412 g/mol. The number of hydrogen-bond donors (Lipinski definition) is 1. The summed E-state index contributed by atoms with van der Waals surface area (Å²) in [5.41, 5.74) is 2.00. The van der Waals surface area contributed by atoms with Crippen molar-refractivity contribution in [3.05, 3.63) is 54.1 Å². The van der Waals surface area contributed by atoms with Gasteiger partial charge in [-0.3, -0.25) is 10.2 Å². The smallest absolute Gasteiger partial charge is 0.419 e. The van der Waals surface area contributed by atoms with Crippen molar-refractivity contribution in [2.24, 2.45) is 0 Å². The van der Waals surface area contributed by atoms with Crippen LogP contribution >= 0.6 is 0 Å². The summed E-state index contributed by atoms with van der Waals surface area (Å²) in [7, 11) is 2.98. The Hall–Kier alpha value is -3.54. The minimum Gasteiger partial charge on any atom is -0.436 e. The molecule has 1 N–H and O–H groups in total. The minimum absolute atomic E-state index is 0.117. The maximum absolute atomic E-state index is 12.9. The molecule has 2 amide bonds. The lowest BCUT2D eigenvalue weighted by Gasteiger charge is -2.26. The number of methoxy groups -OCH3 is 2. The number of ether oxygens (including phenoxy) is 4. The van der Waals surface area contributed by atoms with Crippen LogP contribution in [0.3, 0.4) is 0 Å². The Labute approximate surface area is 175 Å². The fraction of sp³-hybridized carbons (Fsp3) is 0.273. The van der Waals surface area contributed by atoms with E-state index in [0.717, 1.165) is 5.56 Å². The van der Waals surface area contributed by atoms with Gasteiger partial charge in [-0.15, -0.1) is 6.42 Å². The molecule has 0 fully saturated rings. The van der Waals surface area contributed by atoms with Crippen LogP contribution < -0.4 is 15.0 Å². The molecule has 2 aromatic rings. The maximum atomic E-state index is 12.9. The second kappa shape index (κ2) is 11.5. The second-order valence-corrected chi connectivity index (χ2v) is 6.15. The molecule has 2 aromatic carbocycles. The fourth-order valence-corrected chi connectivity index (χ4v) is 2.53. The van der Waals surface area contributed by atoms with Gasteiger partial charge < -0.3 is 18.9 Å². The summed E-state index contributed by atoms with van der Waals surface area (Å²) in [4.78, 5) is 26.0. The first-order valence-corrected chi connectivity index (χ1v) is 9.05. The largest absolute Gasteiger partial charge is 0.436 e. The molecule has 0 heterocycles. The molecule has 0 radical (unpaired) electrons. The molecule has 30 heavy (non-hydrogen) atoms. The summed E-state index contributed by atoms with van der Waals surface area (Å²) >= 11 is 0. The molecular formula is C22H24N2O6. The Balaban J connectivity index is 2.17. The number of hydrogen-bond acceptors (Lipinski definition) is 6. The molecule has 8 nitrogen and oxygen atoms in total. The molecule has 0 spiro atoms. The van der Waals surface area contributed by atoms with E-state index in [1.165, 1.54) is 25.2 Å². The Morgan fingerprint density at radius 3 is 2.53 bits per heavy atom. The van der Waals surface area contributed by atoms with Crippen LogP contribution in [0.15, 0.2) is 48.5 Å². The van der Waals surface area contributed by atoms with Gasteiger partial charge in [-0.25, -0.2) is 9.59 Å². The van der Waals surface area contributed by atoms with Gasteiger partial charge in [0.2, 0.25) is 0 Å². The summed E-state index contributed by atoms with van der Waals surface area (Å²) < 4.78 is 20.7. The molecule has 0 aromatic heterocycles. The predicted octanol–water partition coefficient (Wildman–Crippen LogP) is 3.80. The zero-order valence-electron chi connectivity index (χ0n) is 17.1. The highest BCUT2D eigenvalue weighted by Crippen LogP contribution is 2.22. The van der Waals surface area contributed by atoms with Crippen LogP contribution in [-0.2, 0) is 14.2 Å². The number of carbonyl (C=O) groups excluding carboxylic acids is 2. The van der Waals surface area contributed by atoms with E-state index < -0.39 is 18.5 Å². The van der Waals surface area contributed by atoms with Crippen molar-refractivity contribution in [2.45, 2.75) is 13.2 Å². The summed E-state index contributed by atoms with van der Waals surface area (Å²) in [6.07, 6.45) is 3.07. The molecule has 0 aliphatic heterocycles. The van der Waals surface area contributed by atoms with E-state index in [2.05, 4.69) is 11.2 Å². The van der Waals surface area contributed by atoms with Crippen LogP contribution in [0, 0.1) is 19.3 Å². The summed E-state index contributed by atoms with van der Waals surface area (Å²) in [5.74, 6) is 2.44. The third-order valence-electron chi connectivity index (χ3n) is 3.96. The molecular weight excluding hydrogens is 388 g/mol. The van der Waals surface area contributed by atoms with E-state index in [9.17, 15) is 9.59 Å². The molecule has 158 valence electrons. The number of nitrogens with zero attached hydrogens (tertiary/aromatic N) is 1. The van der Waals surface area contributed by atoms with Crippen molar-refractivity contribution in [1.82, 2.24) is 0 Å². The first-order valence-electron chi connectivity index (χ1n) is 9.05. The van der Waals surface area contributed by atoms with Gasteiger partial charge in [0.05, 0.1) is 6.54 Å². The van der Waals surface area contributed by atoms with Gasteiger partial charge in [0.1, 0.15) is 5.75 Å². The number of benzene rings is 2. The number of amides is 2. The molecule has 0 atom stereocenters. The highest BCUT2D eigenvalue weighted by molar-refractivity contribution is 5.90. The quantitative estimate of drug-likeness (QED) is 0.524. The summed E-state index contributed by atoms with van der Waals surface area (Å²) in [6, 6.07) is 13.7. The van der Waals surface area contributed by atoms with Gasteiger partial charge in [-0.05, 0) is 36.8 Å². The molecule has 0 saturated carbocycles. The van der Waals surface area contributed by atoms with Crippen molar-refractivity contribution in [1.29, 1.82) is 0 Å².